The number of benzene rings is 1. The molecule has 0 spiro atoms. The van der Waals surface area contributed by atoms with Crippen LogP contribution < -0.4 is 0 Å². The van der Waals surface area contributed by atoms with Crippen LogP contribution in [0.15, 0.2) is 24.3 Å². The zero-order valence-corrected chi connectivity index (χ0v) is 15.9. The molecule has 0 radical (unpaired) electrons. The Balaban J connectivity index is 3.26. The van der Waals surface area contributed by atoms with E-state index < -0.39 is 7.38 Å². The van der Waals surface area contributed by atoms with Crippen LogP contribution in [0.4, 0.5) is 0 Å². The highest BCUT2D eigenvalue weighted by Crippen LogP contribution is 2.49. The Morgan fingerprint density at radius 3 is 1.95 bits per heavy atom. The van der Waals surface area contributed by atoms with Crippen molar-refractivity contribution in [2.24, 2.45) is 0 Å². The van der Waals surface area contributed by atoms with Gasteiger partial charge in [0, 0.05) is 5.88 Å². The highest BCUT2D eigenvalue weighted by Gasteiger charge is 2.46. The summed E-state index contributed by atoms with van der Waals surface area (Å²) in [5, 5.41) is 0. The lowest BCUT2D eigenvalue weighted by molar-refractivity contribution is 0.737. The van der Waals surface area contributed by atoms with E-state index in [9.17, 15) is 0 Å². The van der Waals surface area contributed by atoms with Crippen molar-refractivity contribution < 1.29 is 0 Å². The summed E-state index contributed by atoms with van der Waals surface area (Å²) in [6.45, 7) is 11.5. The average molecular weight is 331 g/mol. The lowest BCUT2D eigenvalue weighted by Crippen LogP contribution is -2.43. The summed E-state index contributed by atoms with van der Waals surface area (Å²) in [6.07, 6.45) is 2.32. The molecule has 0 nitrogen and oxygen atoms in total. The molecule has 114 valence electrons. The molecule has 0 aromatic heterocycles. The molecule has 0 saturated carbocycles. The van der Waals surface area contributed by atoms with Gasteiger partial charge in [-0.15, -0.1) is 11.6 Å². The summed E-state index contributed by atoms with van der Waals surface area (Å²) in [7, 11) is -1.93. The molecule has 0 amide bonds. The first kappa shape index (κ1) is 18.1. The monoisotopic (exact) mass is 330 g/mol. The molecule has 1 aromatic rings. The van der Waals surface area contributed by atoms with Gasteiger partial charge in [0.05, 0.1) is 0 Å². The van der Waals surface area contributed by atoms with Crippen molar-refractivity contribution >= 4 is 30.1 Å². The van der Waals surface area contributed by atoms with Crippen LogP contribution in [0.1, 0.15) is 64.1 Å². The molecule has 1 rings (SSSR count). The first-order valence-corrected chi connectivity index (χ1v) is 11.5. The van der Waals surface area contributed by atoms with Gasteiger partial charge >= 0.3 is 0 Å². The van der Waals surface area contributed by atoms with Crippen molar-refractivity contribution in [3.63, 3.8) is 0 Å². The van der Waals surface area contributed by atoms with E-state index >= 15 is 0 Å². The predicted molar refractivity (Wildman–Crippen MR) is 95.5 cm³/mol. The lowest BCUT2D eigenvalue weighted by Gasteiger charge is -2.41. The molecule has 0 heterocycles. The summed E-state index contributed by atoms with van der Waals surface area (Å²) in [5.74, 6) is 0.572. The normalized spacial score (nSPS) is 19.1. The third-order valence-corrected chi connectivity index (χ3v) is 14.0. The fraction of sp³-hybridized carbons (Fsp3) is 0.647. The zero-order chi connectivity index (χ0) is 15.3. The SMILES string of the molecule is CCC(C)[Si](Cl)(C(C)CC)C(C)c1ccccc1CCl. The lowest BCUT2D eigenvalue weighted by atomic mass is 10.1. The minimum Gasteiger partial charge on any atom is -0.166 e. The van der Waals surface area contributed by atoms with Gasteiger partial charge in [-0.25, -0.2) is 0 Å². The predicted octanol–water partition coefficient (Wildman–Crippen LogP) is 6.85. The topological polar surface area (TPSA) is 0 Å². The Bertz CT molecular complexity index is 409. The van der Waals surface area contributed by atoms with Crippen LogP contribution in [-0.2, 0) is 5.88 Å². The summed E-state index contributed by atoms with van der Waals surface area (Å²) in [6, 6.07) is 8.54. The molecule has 3 heteroatoms. The Labute approximate surface area is 135 Å². The van der Waals surface area contributed by atoms with E-state index in [0.717, 1.165) is 12.8 Å². The number of halogens is 2. The zero-order valence-electron chi connectivity index (χ0n) is 13.4. The fourth-order valence-electron chi connectivity index (χ4n) is 3.28. The van der Waals surface area contributed by atoms with Crippen molar-refractivity contribution in [2.75, 3.05) is 0 Å². The average Bonchev–Trinajstić information content (AvgIpc) is 2.51. The molecule has 20 heavy (non-hydrogen) atoms. The van der Waals surface area contributed by atoms with Gasteiger partial charge in [-0.1, -0.05) is 71.7 Å². The minimum atomic E-state index is -1.93. The molecule has 0 aliphatic heterocycles. The van der Waals surface area contributed by atoms with E-state index in [1.165, 1.54) is 11.1 Å². The molecular weight excluding hydrogens is 303 g/mol. The molecule has 0 N–H and O–H groups in total. The smallest absolute Gasteiger partial charge is 0.166 e. The number of hydrogen-bond acceptors (Lipinski definition) is 0. The van der Waals surface area contributed by atoms with Gasteiger partial charge < -0.3 is 0 Å². The fourth-order valence-corrected chi connectivity index (χ4v) is 9.49. The summed E-state index contributed by atoms with van der Waals surface area (Å²) >= 11 is 13.5. The molecule has 0 bridgehead atoms. The molecular formula is C17H28Cl2Si. The molecule has 0 aliphatic carbocycles. The van der Waals surface area contributed by atoms with Crippen molar-refractivity contribution in [2.45, 2.75) is 70.0 Å². The minimum absolute atomic E-state index is 0.434. The van der Waals surface area contributed by atoms with Gasteiger partial charge in [0.1, 0.15) is 0 Å². The third-order valence-electron chi connectivity index (χ3n) is 5.06. The largest absolute Gasteiger partial charge is 0.169 e. The first-order valence-electron chi connectivity index (χ1n) is 7.75. The number of hydrogen-bond donors (Lipinski definition) is 0. The third kappa shape index (κ3) is 3.43. The first-order chi connectivity index (χ1) is 9.43. The van der Waals surface area contributed by atoms with Crippen LogP contribution in [0.3, 0.4) is 0 Å². The standard InChI is InChI=1S/C17H28Cl2Si/c1-6-13(3)20(19,14(4)7-2)15(5)17-11-9-8-10-16(17)12-18/h8-11,13-15H,6-7,12H2,1-5H3. The molecule has 0 fully saturated rings. The van der Waals surface area contributed by atoms with E-state index in [1.807, 2.05) is 0 Å². The molecule has 0 aliphatic rings. The van der Waals surface area contributed by atoms with Crippen molar-refractivity contribution in [3.05, 3.63) is 35.4 Å². The van der Waals surface area contributed by atoms with Crippen LogP contribution in [-0.4, -0.2) is 7.38 Å². The molecule has 0 saturated heterocycles. The van der Waals surface area contributed by atoms with Crippen molar-refractivity contribution in [1.82, 2.24) is 0 Å². The maximum atomic E-state index is 7.35. The quantitative estimate of drug-likeness (QED) is 0.291. The van der Waals surface area contributed by atoms with Crippen LogP contribution in [0.25, 0.3) is 0 Å². The summed E-state index contributed by atoms with van der Waals surface area (Å²) < 4.78 is 0. The van der Waals surface area contributed by atoms with Gasteiger partial charge in [-0.05, 0) is 27.8 Å². The summed E-state index contributed by atoms with van der Waals surface area (Å²) in [4.78, 5) is 0. The van der Waals surface area contributed by atoms with Crippen molar-refractivity contribution in [1.29, 1.82) is 0 Å². The van der Waals surface area contributed by atoms with Gasteiger partial charge in [0.25, 0.3) is 0 Å². The number of alkyl halides is 1. The Morgan fingerprint density at radius 1 is 1.00 bits per heavy atom. The van der Waals surface area contributed by atoms with E-state index in [4.69, 9.17) is 22.7 Å². The maximum absolute atomic E-state index is 7.35. The molecule has 3 unspecified atom stereocenters. The van der Waals surface area contributed by atoms with E-state index in [2.05, 4.69) is 58.9 Å². The Kier molecular flexibility index (Phi) is 7.10. The maximum Gasteiger partial charge on any atom is 0.169 e. The Hall–Kier alpha value is 0.0169. The van der Waals surface area contributed by atoms with E-state index in [-0.39, 0.29) is 0 Å². The van der Waals surface area contributed by atoms with Gasteiger partial charge in [-0.3, -0.25) is 0 Å². The van der Waals surface area contributed by atoms with Gasteiger partial charge in [0.2, 0.25) is 0 Å². The van der Waals surface area contributed by atoms with Crippen molar-refractivity contribution in [3.8, 4) is 0 Å². The van der Waals surface area contributed by atoms with Crippen LogP contribution in [0.5, 0.6) is 0 Å². The molecule has 3 atom stereocenters. The van der Waals surface area contributed by atoms with Crippen LogP contribution in [0.2, 0.25) is 11.1 Å². The van der Waals surface area contributed by atoms with E-state index in [1.54, 1.807) is 0 Å². The van der Waals surface area contributed by atoms with E-state index in [0.29, 0.717) is 22.5 Å². The van der Waals surface area contributed by atoms with Crippen LogP contribution >= 0.6 is 22.7 Å². The highest BCUT2D eigenvalue weighted by atomic mass is 35.6. The van der Waals surface area contributed by atoms with Gasteiger partial charge in [0.15, 0.2) is 7.38 Å². The summed E-state index contributed by atoms with van der Waals surface area (Å²) in [5.41, 5.74) is 4.26. The highest BCUT2D eigenvalue weighted by molar-refractivity contribution is 7.22. The van der Waals surface area contributed by atoms with Gasteiger partial charge in [-0.2, -0.15) is 11.1 Å². The number of rotatable bonds is 7. The Morgan fingerprint density at radius 2 is 1.50 bits per heavy atom. The second-order valence-electron chi connectivity index (χ2n) is 6.00. The molecule has 1 aromatic carbocycles. The second kappa shape index (κ2) is 7.86. The van der Waals surface area contributed by atoms with Crippen LogP contribution in [0, 0.1) is 0 Å². The second-order valence-corrected chi connectivity index (χ2v) is 12.7.